The average molecular weight is 237 g/mol. The molecular formula is C7H9ClN2O5. The summed E-state index contributed by atoms with van der Waals surface area (Å²) in [5.74, 6) is 0. The highest BCUT2D eigenvalue weighted by Crippen LogP contribution is 2.04. The third-order valence-electron chi connectivity index (χ3n) is 1.50. The predicted octanol–water partition coefficient (Wildman–Crippen LogP) is 0.854. The van der Waals surface area contributed by atoms with Crippen LogP contribution in [0.1, 0.15) is 18.3 Å². The zero-order valence-electron chi connectivity index (χ0n) is 8.10. The summed E-state index contributed by atoms with van der Waals surface area (Å²) in [6.45, 7) is 2.75. The molecule has 8 heteroatoms. The van der Waals surface area contributed by atoms with Crippen molar-refractivity contribution < 1.29 is 23.8 Å². The SMILES string of the molecule is Cc1c(COC(=O)OC(C)Cl)no[n+]1[O-]. The summed E-state index contributed by atoms with van der Waals surface area (Å²) < 4.78 is 13.4. The molecule has 0 saturated heterocycles. The van der Waals surface area contributed by atoms with Gasteiger partial charge in [-0.2, -0.15) is 0 Å². The van der Waals surface area contributed by atoms with Crippen LogP contribution in [-0.2, 0) is 16.1 Å². The van der Waals surface area contributed by atoms with Gasteiger partial charge in [0.15, 0.2) is 17.9 Å². The molecule has 1 heterocycles. The molecule has 1 atom stereocenters. The summed E-state index contributed by atoms with van der Waals surface area (Å²) in [7, 11) is 0. The molecule has 0 fully saturated rings. The predicted molar refractivity (Wildman–Crippen MR) is 46.8 cm³/mol. The maximum atomic E-state index is 10.9. The summed E-state index contributed by atoms with van der Waals surface area (Å²) >= 11 is 5.38. The molecule has 1 aromatic heterocycles. The second kappa shape index (κ2) is 4.83. The first-order chi connectivity index (χ1) is 7.00. The Labute approximate surface area is 90.0 Å². The van der Waals surface area contributed by atoms with E-state index in [4.69, 9.17) is 11.6 Å². The van der Waals surface area contributed by atoms with Crippen molar-refractivity contribution in [2.45, 2.75) is 26.0 Å². The molecule has 1 unspecified atom stereocenters. The lowest BCUT2D eigenvalue weighted by atomic mass is 10.4. The van der Waals surface area contributed by atoms with Gasteiger partial charge in [0.25, 0.3) is 5.69 Å². The quantitative estimate of drug-likeness (QED) is 0.439. The van der Waals surface area contributed by atoms with Gasteiger partial charge in [-0.1, -0.05) is 11.6 Å². The van der Waals surface area contributed by atoms with Gasteiger partial charge < -0.3 is 14.7 Å². The van der Waals surface area contributed by atoms with Crippen LogP contribution in [-0.4, -0.2) is 16.9 Å². The second-order valence-electron chi connectivity index (χ2n) is 2.66. The van der Waals surface area contributed by atoms with Crippen LogP contribution in [0.3, 0.4) is 0 Å². The van der Waals surface area contributed by atoms with E-state index in [1.54, 1.807) is 0 Å². The maximum Gasteiger partial charge on any atom is 0.510 e. The van der Waals surface area contributed by atoms with E-state index in [0.29, 0.717) is 0 Å². The number of ether oxygens (including phenoxy) is 2. The minimum Gasteiger partial charge on any atom is -0.425 e. The third kappa shape index (κ3) is 3.28. The Morgan fingerprint density at radius 2 is 2.47 bits per heavy atom. The average Bonchev–Trinajstić information content (AvgIpc) is 2.44. The Kier molecular flexibility index (Phi) is 3.73. The van der Waals surface area contributed by atoms with Crippen LogP contribution in [0.2, 0.25) is 0 Å². The van der Waals surface area contributed by atoms with Crippen molar-refractivity contribution in [2.75, 3.05) is 0 Å². The zero-order valence-corrected chi connectivity index (χ0v) is 8.85. The molecule has 0 spiro atoms. The second-order valence-corrected chi connectivity index (χ2v) is 3.28. The van der Waals surface area contributed by atoms with Crippen molar-refractivity contribution in [3.8, 4) is 0 Å². The molecule has 0 saturated carbocycles. The fraction of sp³-hybridized carbons (Fsp3) is 0.571. The first-order valence-corrected chi connectivity index (χ1v) is 4.47. The molecule has 0 radical (unpaired) electrons. The van der Waals surface area contributed by atoms with Crippen molar-refractivity contribution >= 4 is 17.8 Å². The lowest BCUT2D eigenvalue weighted by Crippen LogP contribution is -2.26. The summed E-state index contributed by atoms with van der Waals surface area (Å²) in [5, 5.41) is 14.1. The standard InChI is InChI=1S/C7H9ClN2O5/c1-4-6(9-15-10(4)12)3-13-7(11)14-5(2)8/h5H,3H2,1-2H3. The first-order valence-electron chi connectivity index (χ1n) is 4.03. The van der Waals surface area contributed by atoms with Crippen LogP contribution in [0.4, 0.5) is 4.79 Å². The maximum absolute atomic E-state index is 10.9. The fourth-order valence-electron chi connectivity index (χ4n) is 0.744. The van der Waals surface area contributed by atoms with Crippen LogP contribution in [0.25, 0.3) is 0 Å². The molecule has 0 aliphatic rings. The van der Waals surface area contributed by atoms with E-state index in [1.807, 2.05) is 0 Å². The number of hydrogen-bond donors (Lipinski definition) is 0. The molecule has 0 aliphatic heterocycles. The van der Waals surface area contributed by atoms with Crippen molar-refractivity contribution in [1.82, 2.24) is 5.16 Å². The minimum absolute atomic E-state index is 0.201. The largest absolute Gasteiger partial charge is 0.510 e. The number of rotatable bonds is 3. The molecule has 0 bridgehead atoms. The summed E-state index contributed by atoms with van der Waals surface area (Å²) in [6.07, 6.45) is -0.933. The molecule has 84 valence electrons. The number of aromatic nitrogens is 2. The Morgan fingerprint density at radius 3 is 2.93 bits per heavy atom. The molecular weight excluding hydrogens is 228 g/mol. The Balaban J connectivity index is 2.44. The lowest BCUT2D eigenvalue weighted by molar-refractivity contribution is -0.806. The molecule has 0 aromatic carbocycles. The van der Waals surface area contributed by atoms with Gasteiger partial charge in [-0.3, -0.25) is 4.63 Å². The van der Waals surface area contributed by atoms with Gasteiger partial charge in [0.1, 0.15) is 0 Å². The van der Waals surface area contributed by atoms with Crippen molar-refractivity contribution in [1.29, 1.82) is 0 Å². The van der Waals surface area contributed by atoms with Gasteiger partial charge in [0.2, 0.25) is 0 Å². The van der Waals surface area contributed by atoms with Crippen molar-refractivity contribution in [3.63, 3.8) is 0 Å². The van der Waals surface area contributed by atoms with Crippen molar-refractivity contribution in [2.24, 2.45) is 0 Å². The molecule has 15 heavy (non-hydrogen) atoms. The van der Waals surface area contributed by atoms with E-state index in [1.165, 1.54) is 13.8 Å². The van der Waals surface area contributed by atoms with E-state index in [-0.39, 0.29) is 22.9 Å². The minimum atomic E-state index is -0.933. The van der Waals surface area contributed by atoms with Crippen LogP contribution in [0.5, 0.6) is 0 Å². The van der Waals surface area contributed by atoms with Gasteiger partial charge in [-0.05, 0) is 11.8 Å². The number of hydrogen-bond acceptors (Lipinski definition) is 6. The highest BCUT2D eigenvalue weighted by molar-refractivity contribution is 6.19. The summed E-state index contributed by atoms with van der Waals surface area (Å²) in [6, 6.07) is 0. The summed E-state index contributed by atoms with van der Waals surface area (Å²) in [4.78, 5) is 11.1. The van der Waals surface area contributed by atoms with Gasteiger partial charge in [0, 0.05) is 12.1 Å². The number of alkyl halides is 1. The van der Waals surface area contributed by atoms with Gasteiger partial charge in [0.05, 0.1) is 0 Å². The van der Waals surface area contributed by atoms with Gasteiger partial charge in [-0.15, -0.1) is 0 Å². The Hall–Kier alpha value is -1.50. The molecule has 1 aromatic rings. The molecule has 0 N–H and O–H groups in total. The van der Waals surface area contributed by atoms with Crippen LogP contribution in [0, 0.1) is 12.1 Å². The van der Waals surface area contributed by atoms with Crippen LogP contribution < -0.4 is 4.90 Å². The van der Waals surface area contributed by atoms with Crippen LogP contribution in [0.15, 0.2) is 4.63 Å². The number of carbonyl (C=O) groups is 1. The smallest absolute Gasteiger partial charge is 0.425 e. The van der Waals surface area contributed by atoms with E-state index in [2.05, 4.69) is 19.3 Å². The highest BCUT2D eigenvalue weighted by Gasteiger charge is 2.17. The normalized spacial score (nSPS) is 12.2. The molecule has 1 rings (SSSR count). The Morgan fingerprint density at radius 1 is 1.80 bits per heavy atom. The summed E-state index contributed by atoms with van der Waals surface area (Å²) in [5.41, 5.74) is -0.328. The van der Waals surface area contributed by atoms with Crippen LogP contribution >= 0.6 is 11.6 Å². The molecule has 0 aliphatic carbocycles. The van der Waals surface area contributed by atoms with Gasteiger partial charge in [-0.25, -0.2) is 4.79 Å². The van der Waals surface area contributed by atoms with E-state index in [0.717, 1.165) is 0 Å². The van der Waals surface area contributed by atoms with Gasteiger partial charge >= 0.3 is 6.16 Å². The monoisotopic (exact) mass is 236 g/mol. The fourth-order valence-corrected chi connectivity index (χ4v) is 0.816. The number of nitrogens with zero attached hydrogens (tertiary/aromatic N) is 2. The number of carbonyl (C=O) groups excluding carboxylic acids is 1. The Bertz CT molecular complexity index is 351. The van der Waals surface area contributed by atoms with E-state index in [9.17, 15) is 10.0 Å². The first kappa shape index (κ1) is 11.6. The third-order valence-corrected chi connectivity index (χ3v) is 1.59. The van der Waals surface area contributed by atoms with E-state index >= 15 is 0 Å². The zero-order chi connectivity index (χ0) is 11.4. The van der Waals surface area contributed by atoms with E-state index < -0.39 is 11.7 Å². The molecule has 7 nitrogen and oxygen atoms in total. The lowest BCUT2D eigenvalue weighted by Gasteiger charge is -2.04. The molecule has 0 amide bonds. The topological polar surface area (TPSA) is 88.5 Å². The highest BCUT2D eigenvalue weighted by atomic mass is 35.5. The van der Waals surface area contributed by atoms with Crippen molar-refractivity contribution in [3.05, 3.63) is 16.6 Å². The number of halogens is 1.